The van der Waals surface area contributed by atoms with Gasteiger partial charge in [-0.1, -0.05) is 0 Å². The van der Waals surface area contributed by atoms with Gasteiger partial charge in [0.25, 0.3) is 0 Å². The summed E-state index contributed by atoms with van der Waals surface area (Å²) in [6.07, 6.45) is 3.09. The summed E-state index contributed by atoms with van der Waals surface area (Å²) in [7, 11) is 0. The second-order valence-electron chi connectivity index (χ2n) is 4.60. The molecule has 0 aliphatic carbocycles. The summed E-state index contributed by atoms with van der Waals surface area (Å²) < 4.78 is 1.91. The molecular formula is C11H15N5O2S. The van der Waals surface area contributed by atoms with E-state index in [9.17, 15) is 10.2 Å². The van der Waals surface area contributed by atoms with Crippen LogP contribution < -0.4 is 5.73 Å². The van der Waals surface area contributed by atoms with E-state index in [1.54, 1.807) is 18.1 Å². The van der Waals surface area contributed by atoms with Crippen LogP contribution in [0.5, 0.6) is 0 Å². The Labute approximate surface area is 113 Å². The van der Waals surface area contributed by atoms with Gasteiger partial charge in [0.2, 0.25) is 0 Å². The summed E-state index contributed by atoms with van der Waals surface area (Å²) in [4.78, 5) is 12.4. The fraction of sp³-hybridized carbons (Fsp3) is 0.545. The Morgan fingerprint density at radius 1 is 1.32 bits per heavy atom. The number of anilines is 1. The molecule has 4 N–H and O–H groups in total. The van der Waals surface area contributed by atoms with Crippen LogP contribution >= 0.6 is 11.8 Å². The molecule has 8 heteroatoms. The molecule has 0 spiro atoms. The van der Waals surface area contributed by atoms with Crippen LogP contribution in [0.3, 0.4) is 0 Å². The summed E-state index contributed by atoms with van der Waals surface area (Å²) in [5.41, 5.74) is 7.01. The average molecular weight is 281 g/mol. The number of hydrogen-bond donors (Lipinski definition) is 3. The lowest BCUT2D eigenvalue weighted by molar-refractivity contribution is 0.128. The molecule has 1 aliphatic heterocycles. The van der Waals surface area contributed by atoms with Gasteiger partial charge in [-0.05, 0) is 5.92 Å². The number of aliphatic hydroxyl groups excluding tert-OH is 2. The lowest BCUT2D eigenvalue weighted by Gasteiger charge is -2.21. The number of thioether (sulfide) groups is 1. The maximum Gasteiger partial charge on any atom is 0.166 e. The first-order valence-corrected chi connectivity index (χ1v) is 7.07. The van der Waals surface area contributed by atoms with E-state index in [1.807, 2.05) is 4.57 Å². The van der Waals surface area contributed by atoms with E-state index in [-0.39, 0.29) is 30.4 Å². The predicted molar refractivity (Wildman–Crippen MR) is 72.4 cm³/mol. The summed E-state index contributed by atoms with van der Waals surface area (Å²) >= 11 is 1.69. The Balaban J connectivity index is 2.03. The Morgan fingerprint density at radius 3 is 2.89 bits per heavy atom. The van der Waals surface area contributed by atoms with Crippen molar-refractivity contribution in [1.29, 1.82) is 0 Å². The third-order valence-electron chi connectivity index (χ3n) is 3.56. The van der Waals surface area contributed by atoms with Crippen molar-refractivity contribution in [2.75, 3.05) is 24.7 Å². The molecule has 1 aliphatic rings. The van der Waals surface area contributed by atoms with Crippen LogP contribution in [0.15, 0.2) is 12.7 Å². The number of aromatic nitrogens is 4. The molecule has 19 heavy (non-hydrogen) atoms. The summed E-state index contributed by atoms with van der Waals surface area (Å²) in [5, 5.41) is 18.9. The minimum Gasteiger partial charge on any atom is -0.396 e. The van der Waals surface area contributed by atoms with Gasteiger partial charge in [-0.3, -0.25) is 0 Å². The summed E-state index contributed by atoms with van der Waals surface area (Å²) in [6.45, 7) is 0.113. The first-order chi connectivity index (χ1) is 9.26. The number of nitrogen functional groups attached to an aromatic ring is 1. The highest BCUT2D eigenvalue weighted by Crippen LogP contribution is 2.45. The number of rotatable bonds is 3. The Bertz CT molecular complexity index is 589. The van der Waals surface area contributed by atoms with Gasteiger partial charge in [0.05, 0.1) is 11.7 Å². The van der Waals surface area contributed by atoms with Crippen molar-refractivity contribution < 1.29 is 10.2 Å². The SMILES string of the molecule is Nc1ncnc2c1ncn2[C@@H]1SC[C@H](CO)[C@H]1CO. The highest BCUT2D eigenvalue weighted by Gasteiger charge is 2.37. The molecule has 0 unspecified atom stereocenters. The molecule has 3 heterocycles. The van der Waals surface area contributed by atoms with E-state index in [4.69, 9.17) is 5.73 Å². The van der Waals surface area contributed by atoms with Crippen LogP contribution in [-0.4, -0.2) is 48.7 Å². The van der Waals surface area contributed by atoms with E-state index in [2.05, 4.69) is 15.0 Å². The van der Waals surface area contributed by atoms with Crippen molar-refractivity contribution in [2.45, 2.75) is 5.37 Å². The minimum absolute atomic E-state index is 0.0106. The first kappa shape index (κ1) is 12.6. The molecule has 3 atom stereocenters. The number of fused-ring (bicyclic) bond motifs is 1. The van der Waals surface area contributed by atoms with Crippen molar-refractivity contribution in [1.82, 2.24) is 19.5 Å². The van der Waals surface area contributed by atoms with Crippen LogP contribution in [0.2, 0.25) is 0 Å². The molecule has 2 aromatic heterocycles. The Kier molecular flexibility index (Phi) is 3.29. The fourth-order valence-corrected chi connectivity index (χ4v) is 4.14. The standard InChI is InChI=1S/C11H15N5O2S/c12-9-8-10(14-4-13-9)16(5-15-8)11-7(2-18)6(1-17)3-19-11/h4-7,11,17-18H,1-3H2,(H2,12,13,14)/t6-,7+,11+/m0/s1. The van der Waals surface area contributed by atoms with E-state index in [0.29, 0.717) is 17.0 Å². The van der Waals surface area contributed by atoms with Crippen LogP contribution in [-0.2, 0) is 0 Å². The fourth-order valence-electron chi connectivity index (χ4n) is 2.47. The number of hydrogen-bond acceptors (Lipinski definition) is 7. The lowest BCUT2D eigenvalue weighted by Crippen LogP contribution is -2.24. The van der Waals surface area contributed by atoms with Crippen LogP contribution in [0.4, 0.5) is 5.82 Å². The minimum atomic E-state index is -0.0106. The predicted octanol–water partition coefficient (Wildman–Crippen LogP) is -0.129. The van der Waals surface area contributed by atoms with Crippen molar-refractivity contribution >= 4 is 28.7 Å². The third-order valence-corrected chi connectivity index (χ3v) is 5.10. The number of nitrogens with two attached hydrogens (primary N) is 1. The molecular weight excluding hydrogens is 266 g/mol. The average Bonchev–Trinajstić information content (AvgIpc) is 3.01. The zero-order valence-electron chi connectivity index (χ0n) is 10.2. The summed E-state index contributed by atoms with van der Waals surface area (Å²) in [5.74, 6) is 1.25. The van der Waals surface area contributed by atoms with Gasteiger partial charge in [0.1, 0.15) is 11.8 Å². The molecule has 0 saturated carbocycles. The second-order valence-corrected chi connectivity index (χ2v) is 5.75. The number of nitrogens with zero attached hydrogens (tertiary/aromatic N) is 4. The van der Waals surface area contributed by atoms with Gasteiger partial charge < -0.3 is 20.5 Å². The smallest absolute Gasteiger partial charge is 0.166 e. The number of imidazole rings is 1. The van der Waals surface area contributed by atoms with E-state index < -0.39 is 0 Å². The van der Waals surface area contributed by atoms with Gasteiger partial charge in [0.15, 0.2) is 11.5 Å². The van der Waals surface area contributed by atoms with E-state index >= 15 is 0 Å². The Morgan fingerprint density at radius 2 is 2.16 bits per heavy atom. The second kappa shape index (κ2) is 4.95. The first-order valence-electron chi connectivity index (χ1n) is 6.02. The van der Waals surface area contributed by atoms with E-state index in [0.717, 1.165) is 5.75 Å². The maximum atomic E-state index is 9.55. The van der Waals surface area contributed by atoms with Crippen LogP contribution in [0.1, 0.15) is 5.37 Å². The summed E-state index contributed by atoms with van der Waals surface area (Å²) in [6, 6.07) is 0. The molecule has 1 fully saturated rings. The van der Waals surface area contributed by atoms with Crippen molar-refractivity contribution in [3.05, 3.63) is 12.7 Å². The van der Waals surface area contributed by atoms with Gasteiger partial charge >= 0.3 is 0 Å². The van der Waals surface area contributed by atoms with Crippen molar-refractivity contribution in [3.63, 3.8) is 0 Å². The molecule has 3 rings (SSSR count). The largest absolute Gasteiger partial charge is 0.396 e. The monoisotopic (exact) mass is 281 g/mol. The third kappa shape index (κ3) is 1.96. The molecule has 0 aromatic carbocycles. The van der Waals surface area contributed by atoms with E-state index in [1.165, 1.54) is 6.33 Å². The number of aliphatic hydroxyl groups is 2. The van der Waals surface area contributed by atoms with Crippen LogP contribution in [0, 0.1) is 11.8 Å². The molecule has 0 bridgehead atoms. The molecule has 1 saturated heterocycles. The van der Waals surface area contributed by atoms with Crippen LogP contribution in [0.25, 0.3) is 11.2 Å². The highest BCUT2D eigenvalue weighted by atomic mass is 32.2. The van der Waals surface area contributed by atoms with Gasteiger partial charge in [0, 0.05) is 24.9 Å². The molecule has 102 valence electrons. The molecule has 0 amide bonds. The normalized spacial score (nSPS) is 27.2. The lowest BCUT2D eigenvalue weighted by atomic mass is 9.95. The quantitative estimate of drug-likeness (QED) is 0.718. The molecule has 7 nitrogen and oxygen atoms in total. The topological polar surface area (TPSA) is 110 Å². The highest BCUT2D eigenvalue weighted by molar-refractivity contribution is 7.99. The van der Waals surface area contributed by atoms with Crippen molar-refractivity contribution in [2.24, 2.45) is 11.8 Å². The van der Waals surface area contributed by atoms with Gasteiger partial charge in [-0.25, -0.2) is 15.0 Å². The maximum absolute atomic E-state index is 9.55. The van der Waals surface area contributed by atoms with Gasteiger partial charge in [-0.2, -0.15) is 0 Å². The molecule has 0 radical (unpaired) electrons. The zero-order chi connectivity index (χ0) is 13.4. The van der Waals surface area contributed by atoms with Gasteiger partial charge in [-0.15, -0.1) is 11.8 Å². The Hall–Kier alpha value is -1.38. The molecule has 2 aromatic rings. The van der Waals surface area contributed by atoms with Crippen molar-refractivity contribution in [3.8, 4) is 0 Å². The zero-order valence-corrected chi connectivity index (χ0v) is 11.0.